The van der Waals surface area contributed by atoms with Gasteiger partial charge in [-0.3, -0.25) is 0 Å². The second-order valence-electron chi connectivity index (χ2n) is 3.60. The molecule has 0 unspecified atom stereocenters. The van der Waals surface area contributed by atoms with Crippen molar-refractivity contribution in [3.63, 3.8) is 0 Å². The number of carboxylic acid groups (broad SMARTS) is 1. The predicted octanol–water partition coefficient (Wildman–Crippen LogP) is 1.62. The number of carbonyl (C=O) groups is 1. The smallest absolute Gasteiger partial charge is 0.345 e. The van der Waals surface area contributed by atoms with Gasteiger partial charge < -0.3 is 15.5 Å². The highest BCUT2D eigenvalue weighted by Gasteiger charge is 2.10. The molecule has 0 atom stereocenters. The van der Waals surface area contributed by atoms with Crippen molar-refractivity contribution in [2.45, 2.75) is 26.3 Å². The van der Waals surface area contributed by atoms with Gasteiger partial charge in [0.25, 0.3) is 0 Å². The minimum atomic E-state index is -0.861. The van der Waals surface area contributed by atoms with Crippen LogP contribution in [0, 0.1) is 6.92 Å². The molecular weight excluding hydrogens is 226 g/mol. The molecule has 16 heavy (non-hydrogen) atoms. The number of aromatic carboxylic acids is 1. The number of aliphatic hydroxyl groups is 1. The molecule has 1 rings (SSSR count). The molecule has 0 radical (unpaired) electrons. The third-order valence-electron chi connectivity index (χ3n) is 2.31. The van der Waals surface area contributed by atoms with Crippen LogP contribution in [0.4, 0.5) is 0 Å². The molecule has 3 N–H and O–H groups in total. The summed E-state index contributed by atoms with van der Waals surface area (Å²) in [5.74, 6) is -0.861. The maximum atomic E-state index is 10.7. The van der Waals surface area contributed by atoms with E-state index in [1.807, 2.05) is 6.92 Å². The van der Waals surface area contributed by atoms with E-state index >= 15 is 0 Å². The first-order valence-electron chi connectivity index (χ1n) is 5.29. The number of hydrogen-bond acceptors (Lipinski definition) is 4. The Morgan fingerprint density at radius 3 is 2.81 bits per heavy atom. The van der Waals surface area contributed by atoms with Crippen LogP contribution >= 0.6 is 11.3 Å². The van der Waals surface area contributed by atoms with Crippen molar-refractivity contribution in [2.24, 2.45) is 0 Å². The lowest BCUT2D eigenvalue weighted by molar-refractivity contribution is 0.0702. The molecule has 0 saturated heterocycles. The fraction of sp³-hybridized carbons (Fsp3) is 0.545. The second kappa shape index (κ2) is 6.62. The van der Waals surface area contributed by atoms with E-state index in [2.05, 4.69) is 5.32 Å². The monoisotopic (exact) mass is 243 g/mol. The SMILES string of the molecule is Cc1sc(C(=O)O)cc1CNCCCCO. The summed E-state index contributed by atoms with van der Waals surface area (Å²) in [6.45, 7) is 3.70. The molecule has 0 aliphatic rings. The van der Waals surface area contributed by atoms with Crippen LogP contribution in [0.3, 0.4) is 0 Å². The number of rotatable bonds is 7. The van der Waals surface area contributed by atoms with E-state index < -0.39 is 5.97 Å². The van der Waals surface area contributed by atoms with Crippen LogP contribution in [-0.4, -0.2) is 29.3 Å². The molecule has 0 bridgehead atoms. The molecule has 1 heterocycles. The fourth-order valence-corrected chi connectivity index (χ4v) is 2.27. The van der Waals surface area contributed by atoms with E-state index in [0.29, 0.717) is 11.4 Å². The molecule has 1 aromatic rings. The first kappa shape index (κ1) is 13.2. The van der Waals surface area contributed by atoms with Crippen molar-refractivity contribution < 1.29 is 15.0 Å². The van der Waals surface area contributed by atoms with Crippen LogP contribution in [0.1, 0.15) is 33.0 Å². The van der Waals surface area contributed by atoms with Gasteiger partial charge in [0, 0.05) is 18.0 Å². The average Bonchev–Trinajstić information content (AvgIpc) is 2.60. The zero-order chi connectivity index (χ0) is 12.0. The number of aliphatic hydroxyl groups excluding tert-OH is 1. The standard InChI is InChI=1S/C11H17NO3S/c1-8-9(6-10(16-8)11(14)15)7-12-4-2-3-5-13/h6,12-13H,2-5,7H2,1H3,(H,14,15). The predicted molar refractivity (Wildman–Crippen MR) is 64.0 cm³/mol. The molecule has 90 valence electrons. The zero-order valence-electron chi connectivity index (χ0n) is 9.32. The minimum Gasteiger partial charge on any atom is -0.477 e. The number of hydrogen-bond donors (Lipinski definition) is 3. The van der Waals surface area contributed by atoms with E-state index in [-0.39, 0.29) is 6.61 Å². The van der Waals surface area contributed by atoms with Crippen molar-refractivity contribution >= 4 is 17.3 Å². The summed E-state index contributed by atoms with van der Waals surface area (Å²) < 4.78 is 0. The molecule has 0 aliphatic carbocycles. The van der Waals surface area contributed by atoms with Crippen LogP contribution in [0.25, 0.3) is 0 Å². The molecule has 0 spiro atoms. The van der Waals surface area contributed by atoms with Crippen molar-refractivity contribution in [2.75, 3.05) is 13.2 Å². The van der Waals surface area contributed by atoms with Gasteiger partial charge in [-0.1, -0.05) is 0 Å². The summed E-state index contributed by atoms with van der Waals surface area (Å²) in [5.41, 5.74) is 1.05. The number of nitrogens with one attached hydrogen (secondary N) is 1. The first-order valence-corrected chi connectivity index (χ1v) is 6.11. The van der Waals surface area contributed by atoms with Gasteiger partial charge in [0.05, 0.1) is 0 Å². The Hall–Kier alpha value is -0.910. The Bertz CT molecular complexity index is 349. The van der Waals surface area contributed by atoms with E-state index in [4.69, 9.17) is 10.2 Å². The van der Waals surface area contributed by atoms with Gasteiger partial charge >= 0.3 is 5.97 Å². The molecule has 0 aromatic carbocycles. The third-order valence-corrected chi connectivity index (χ3v) is 3.39. The van der Waals surface area contributed by atoms with Crippen molar-refractivity contribution in [3.8, 4) is 0 Å². The maximum Gasteiger partial charge on any atom is 0.345 e. The quantitative estimate of drug-likeness (QED) is 0.636. The fourth-order valence-electron chi connectivity index (χ4n) is 1.39. The highest BCUT2D eigenvalue weighted by Crippen LogP contribution is 2.21. The Kier molecular flexibility index (Phi) is 5.45. The van der Waals surface area contributed by atoms with E-state index in [1.54, 1.807) is 6.07 Å². The van der Waals surface area contributed by atoms with Crippen LogP contribution in [-0.2, 0) is 6.54 Å². The first-order chi connectivity index (χ1) is 7.65. The minimum absolute atomic E-state index is 0.225. The van der Waals surface area contributed by atoms with Crippen molar-refractivity contribution in [1.82, 2.24) is 5.32 Å². The lowest BCUT2D eigenvalue weighted by atomic mass is 10.2. The van der Waals surface area contributed by atoms with E-state index in [1.165, 1.54) is 11.3 Å². The maximum absolute atomic E-state index is 10.7. The molecule has 4 nitrogen and oxygen atoms in total. The largest absolute Gasteiger partial charge is 0.477 e. The molecule has 0 saturated carbocycles. The molecule has 0 amide bonds. The number of aryl methyl sites for hydroxylation is 1. The Morgan fingerprint density at radius 2 is 2.25 bits per heavy atom. The van der Waals surface area contributed by atoms with Crippen LogP contribution in [0.15, 0.2) is 6.07 Å². The van der Waals surface area contributed by atoms with Gasteiger partial charge in [0.15, 0.2) is 0 Å². The summed E-state index contributed by atoms with van der Waals surface area (Å²) in [5, 5.41) is 20.7. The lowest BCUT2D eigenvalue weighted by Gasteiger charge is -2.02. The lowest BCUT2D eigenvalue weighted by Crippen LogP contribution is -2.15. The molecular formula is C11H17NO3S. The second-order valence-corrected chi connectivity index (χ2v) is 4.86. The summed E-state index contributed by atoms with van der Waals surface area (Å²) >= 11 is 1.31. The average molecular weight is 243 g/mol. The Morgan fingerprint density at radius 1 is 1.50 bits per heavy atom. The van der Waals surface area contributed by atoms with Crippen LogP contribution < -0.4 is 5.32 Å². The summed E-state index contributed by atoms with van der Waals surface area (Å²) in [4.78, 5) is 12.2. The number of thiophene rings is 1. The molecule has 0 fully saturated rings. The molecule has 1 aromatic heterocycles. The molecule has 0 aliphatic heterocycles. The van der Waals surface area contributed by atoms with E-state index in [9.17, 15) is 4.79 Å². The summed E-state index contributed by atoms with van der Waals surface area (Å²) in [7, 11) is 0. The Balaban J connectivity index is 2.39. The highest BCUT2D eigenvalue weighted by atomic mass is 32.1. The van der Waals surface area contributed by atoms with Gasteiger partial charge in [-0.15, -0.1) is 11.3 Å². The summed E-state index contributed by atoms with van der Waals surface area (Å²) in [6.07, 6.45) is 1.74. The third kappa shape index (κ3) is 3.92. The van der Waals surface area contributed by atoms with Crippen molar-refractivity contribution in [3.05, 3.63) is 21.4 Å². The number of unbranched alkanes of at least 4 members (excludes halogenated alkanes) is 1. The van der Waals surface area contributed by atoms with Gasteiger partial charge in [0.1, 0.15) is 4.88 Å². The summed E-state index contributed by atoms with van der Waals surface area (Å²) in [6, 6.07) is 1.72. The number of carboxylic acids is 1. The normalized spacial score (nSPS) is 10.6. The topological polar surface area (TPSA) is 69.6 Å². The van der Waals surface area contributed by atoms with Gasteiger partial charge in [-0.05, 0) is 37.9 Å². The van der Waals surface area contributed by atoms with Crippen molar-refractivity contribution in [1.29, 1.82) is 0 Å². The zero-order valence-corrected chi connectivity index (χ0v) is 10.1. The van der Waals surface area contributed by atoms with E-state index in [0.717, 1.165) is 29.8 Å². The van der Waals surface area contributed by atoms with Gasteiger partial charge in [0.2, 0.25) is 0 Å². The Labute approximate surface area is 98.9 Å². The van der Waals surface area contributed by atoms with Gasteiger partial charge in [-0.2, -0.15) is 0 Å². The van der Waals surface area contributed by atoms with Crippen LogP contribution in [0.2, 0.25) is 0 Å². The highest BCUT2D eigenvalue weighted by molar-refractivity contribution is 7.14. The van der Waals surface area contributed by atoms with Crippen LogP contribution in [0.5, 0.6) is 0 Å². The molecule has 5 heteroatoms. The van der Waals surface area contributed by atoms with Gasteiger partial charge in [-0.25, -0.2) is 4.79 Å².